The third-order valence-corrected chi connectivity index (χ3v) is 7.09. The van der Waals surface area contributed by atoms with Crippen LogP contribution in [-0.2, 0) is 15.1 Å². The highest BCUT2D eigenvalue weighted by Crippen LogP contribution is 2.39. The van der Waals surface area contributed by atoms with Gasteiger partial charge in [-0.25, -0.2) is 4.79 Å². The second kappa shape index (κ2) is 10.5. The average Bonchev–Trinajstić information content (AvgIpc) is 3.16. The smallest absolute Gasteiger partial charge is 0.436 e. The van der Waals surface area contributed by atoms with E-state index >= 15 is 0 Å². The normalized spacial score (nSPS) is 22.3. The molecule has 182 valence electrons. The second-order valence-corrected chi connectivity index (χ2v) is 10.7. The molecule has 3 atom stereocenters. The van der Waals surface area contributed by atoms with Crippen LogP contribution in [0, 0.1) is 5.92 Å². The van der Waals surface area contributed by atoms with Gasteiger partial charge in [-0.05, 0) is 38.8 Å². The number of carbonyl (C=O) groups is 2. The number of likely N-dealkylation sites (tertiary alicyclic amines) is 1. The van der Waals surface area contributed by atoms with Crippen LogP contribution in [0.15, 0.2) is 65.7 Å². The predicted octanol–water partition coefficient (Wildman–Crippen LogP) is 4.72. The number of halogens is 1. The van der Waals surface area contributed by atoms with Gasteiger partial charge in [0.15, 0.2) is 3.84 Å². The van der Waals surface area contributed by atoms with Gasteiger partial charge < -0.3 is 10.5 Å². The summed E-state index contributed by atoms with van der Waals surface area (Å²) in [4.78, 5) is 33.5. The zero-order valence-electron chi connectivity index (χ0n) is 20.4. The fourth-order valence-electron chi connectivity index (χ4n) is 4.24. The number of amides is 2. The van der Waals surface area contributed by atoms with Crippen LogP contribution in [0.25, 0.3) is 0 Å². The van der Waals surface area contributed by atoms with Crippen LogP contribution in [0.4, 0.5) is 4.79 Å². The van der Waals surface area contributed by atoms with Gasteiger partial charge in [0.1, 0.15) is 5.60 Å². The summed E-state index contributed by atoms with van der Waals surface area (Å²) in [6, 6.07) is 20.0. The zero-order valence-corrected chi connectivity index (χ0v) is 22.5. The molecule has 2 N–H and O–H groups in total. The topological polar surface area (TPSA) is 88.2 Å². The Hall–Kier alpha value is -2.30. The molecule has 3 rings (SSSR count). The highest BCUT2D eigenvalue weighted by atomic mass is 127. The molecule has 0 spiro atoms. The lowest BCUT2D eigenvalue weighted by atomic mass is 9.81. The molecule has 7 nitrogen and oxygen atoms in total. The first-order chi connectivity index (χ1) is 15.9. The number of hydrogen-bond donors (Lipinski definition) is 1. The Kier molecular flexibility index (Phi) is 8.15. The van der Waals surface area contributed by atoms with E-state index in [2.05, 4.69) is 28.9 Å². The maximum Gasteiger partial charge on any atom is 0.436 e. The molecule has 0 aromatic heterocycles. The molecular weight excluding hydrogens is 543 g/mol. The molecule has 2 aromatic carbocycles. The van der Waals surface area contributed by atoms with Crippen molar-refractivity contribution in [2.24, 2.45) is 16.6 Å². The van der Waals surface area contributed by atoms with Crippen molar-refractivity contribution < 1.29 is 14.3 Å². The van der Waals surface area contributed by atoms with Crippen molar-refractivity contribution >= 4 is 38.4 Å². The van der Waals surface area contributed by atoms with E-state index in [-0.39, 0.29) is 15.8 Å². The van der Waals surface area contributed by atoms with E-state index in [1.165, 1.54) is 10.5 Å². The standard InChI is InChI=1S/C26H33IN4O3/c1-18(19-12-8-6-9-13-19)31-16-21(26(28,17-31)20-14-10-7-11-15-20)22(32)30(5)23(27)29-24(33)34-25(2,3)4/h6-15,18,21H,16-17,28H2,1-5H3/t18-,21?,26?/m1/s1. The molecular formula is C26H33IN4O3. The van der Waals surface area contributed by atoms with Gasteiger partial charge in [-0.3, -0.25) is 14.6 Å². The maximum atomic E-state index is 13.7. The third kappa shape index (κ3) is 6.03. The van der Waals surface area contributed by atoms with Crippen LogP contribution >= 0.6 is 22.6 Å². The molecule has 8 heteroatoms. The highest BCUT2D eigenvalue weighted by Gasteiger charge is 2.50. The molecule has 2 aromatic rings. The fraction of sp³-hybridized carbons (Fsp3) is 0.423. The molecule has 2 amide bonds. The van der Waals surface area contributed by atoms with Crippen molar-refractivity contribution in [2.45, 2.75) is 44.9 Å². The minimum Gasteiger partial charge on any atom is -0.442 e. The molecule has 1 aliphatic rings. The van der Waals surface area contributed by atoms with E-state index in [1.807, 2.05) is 71.1 Å². The molecule has 0 radical (unpaired) electrons. The van der Waals surface area contributed by atoms with E-state index in [0.717, 1.165) is 5.56 Å². The van der Waals surface area contributed by atoms with Crippen molar-refractivity contribution in [2.75, 3.05) is 20.1 Å². The van der Waals surface area contributed by atoms with Crippen molar-refractivity contribution in [3.63, 3.8) is 0 Å². The number of nitrogens with zero attached hydrogens (tertiary/aromatic N) is 3. The summed E-state index contributed by atoms with van der Waals surface area (Å²) < 4.78 is 5.51. The number of carbonyl (C=O) groups excluding carboxylic acids is 2. The van der Waals surface area contributed by atoms with Gasteiger partial charge in [-0.15, -0.1) is 0 Å². The lowest BCUT2D eigenvalue weighted by Gasteiger charge is -2.32. The Labute approximate surface area is 215 Å². The molecule has 1 heterocycles. The van der Waals surface area contributed by atoms with Crippen molar-refractivity contribution in [1.29, 1.82) is 0 Å². The molecule has 0 bridgehead atoms. The van der Waals surface area contributed by atoms with E-state index < -0.39 is 23.2 Å². The van der Waals surface area contributed by atoms with Gasteiger partial charge in [-0.2, -0.15) is 4.99 Å². The summed E-state index contributed by atoms with van der Waals surface area (Å²) in [6.07, 6.45) is -0.732. The van der Waals surface area contributed by atoms with Crippen LogP contribution in [-0.4, -0.2) is 51.4 Å². The summed E-state index contributed by atoms with van der Waals surface area (Å²) in [5.41, 5.74) is 7.55. The molecule has 34 heavy (non-hydrogen) atoms. The Morgan fingerprint density at radius 2 is 1.71 bits per heavy atom. The molecule has 1 fully saturated rings. The maximum absolute atomic E-state index is 13.7. The first kappa shape index (κ1) is 26.3. The van der Waals surface area contributed by atoms with Crippen molar-refractivity contribution in [3.05, 3.63) is 71.8 Å². The van der Waals surface area contributed by atoms with Gasteiger partial charge in [-0.1, -0.05) is 60.7 Å². The van der Waals surface area contributed by atoms with Crippen LogP contribution in [0.1, 0.15) is 44.9 Å². The van der Waals surface area contributed by atoms with E-state index in [4.69, 9.17) is 10.5 Å². The highest BCUT2D eigenvalue weighted by molar-refractivity contribution is 14.1. The molecule has 1 saturated heterocycles. The monoisotopic (exact) mass is 576 g/mol. The quantitative estimate of drug-likeness (QED) is 0.247. The number of hydrogen-bond acceptors (Lipinski definition) is 5. The van der Waals surface area contributed by atoms with Gasteiger partial charge in [0, 0.05) is 48.8 Å². The van der Waals surface area contributed by atoms with Gasteiger partial charge >= 0.3 is 6.09 Å². The molecule has 2 unspecified atom stereocenters. The number of benzene rings is 2. The first-order valence-corrected chi connectivity index (χ1v) is 12.4. The fourth-order valence-corrected chi connectivity index (χ4v) is 4.68. The number of nitrogens with two attached hydrogens (primary N) is 1. The zero-order chi connectivity index (χ0) is 25.1. The largest absolute Gasteiger partial charge is 0.442 e. The summed E-state index contributed by atoms with van der Waals surface area (Å²) in [6.45, 7) is 8.45. The van der Waals surface area contributed by atoms with E-state index in [9.17, 15) is 9.59 Å². The van der Waals surface area contributed by atoms with E-state index in [0.29, 0.717) is 13.1 Å². The summed E-state index contributed by atoms with van der Waals surface area (Å²) in [5.74, 6) is -0.713. The first-order valence-electron chi connectivity index (χ1n) is 11.3. The summed E-state index contributed by atoms with van der Waals surface area (Å²) in [7, 11) is 1.62. The predicted molar refractivity (Wildman–Crippen MR) is 143 cm³/mol. The van der Waals surface area contributed by atoms with Crippen LogP contribution in [0.2, 0.25) is 0 Å². The number of aliphatic imine (C=N–C) groups is 1. The van der Waals surface area contributed by atoms with Crippen LogP contribution in [0.5, 0.6) is 0 Å². The van der Waals surface area contributed by atoms with Crippen LogP contribution < -0.4 is 5.73 Å². The second-order valence-electron chi connectivity index (χ2n) is 9.73. The molecule has 0 aliphatic carbocycles. The lowest BCUT2D eigenvalue weighted by Crippen LogP contribution is -2.51. The minimum absolute atomic E-state index is 0.0884. The Morgan fingerprint density at radius 3 is 2.26 bits per heavy atom. The Balaban J connectivity index is 1.89. The Morgan fingerprint density at radius 1 is 1.15 bits per heavy atom. The van der Waals surface area contributed by atoms with E-state index in [1.54, 1.807) is 27.8 Å². The number of rotatable bonds is 4. The van der Waals surface area contributed by atoms with Crippen molar-refractivity contribution in [3.8, 4) is 0 Å². The lowest BCUT2D eigenvalue weighted by molar-refractivity contribution is -0.131. The van der Waals surface area contributed by atoms with Crippen molar-refractivity contribution in [1.82, 2.24) is 9.80 Å². The van der Waals surface area contributed by atoms with Gasteiger partial charge in [0.05, 0.1) is 11.5 Å². The number of ether oxygens (including phenoxy) is 1. The van der Waals surface area contributed by atoms with Crippen LogP contribution in [0.3, 0.4) is 0 Å². The third-order valence-electron chi connectivity index (χ3n) is 6.13. The van der Waals surface area contributed by atoms with Gasteiger partial charge in [0.2, 0.25) is 5.91 Å². The molecule has 1 aliphatic heterocycles. The summed E-state index contributed by atoms with van der Waals surface area (Å²) in [5, 5.41) is 0. The minimum atomic E-state index is -0.890. The molecule has 0 saturated carbocycles. The number of amidine groups is 1. The SMILES string of the molecule is C[C@H](c1ccccc1)N1CC(C(=O)N(C)C(I)=NC(=O)OC(C)(C)C)C(N)(c2ccccc2)C1. The average molecular weight is 576 g/mol. The Bertz CT molecular complexity index is 1040. The van der Waals surface area contributed by atoms with Gasteiger partial charge in [0.25, 0.3) is 0 Å². The summed E-state index contributed by atoms with van der Waals surface area (Å²) >= 11 is 1.89.